The molecule has 0 saturated heterocycles. The molecule has 3 aromatic carbocycles. The van der Waals surface area contributed by atoms with Gasteiger partial charge in [0.15, 0.2) is 19.3 Å². The first-order chi connectivity index (χ1) is 15.8. The fourth-order valence-electron chi connectivity index (χ4n) is 2.75. The number of hydrogen-bond donors (Lipinski definition) is 2. The van der Waals surface area contributed by atoms with Crippen LogP contribution in [0.4, 0.5) is 26.3 Å². The molecule has 3 nitrogen and oxygen atoms in total. The molecule has 3 aromatic rings. The second-order valence-corrected chi connectivity index (χ2v) is 9.55. The van der Waals surface area contributed by atoms with Gasteiger partial charge in [-0.2, -0.15) is 26.3 Å². The van der Waals surface area contributed by atoms with Crippen molar-refractivity contribution in [3.8, 4) is 0 Å². The van der Waals surface area contributed by atoms with Crippen molar-refractivity contribution in [2.75, 3.05) is 0 Å². The van der Waals surface area contributed by atoms with E-state index in [2.05, 4.69) is 0 Å². The summed E-state index contributed by atoms with van der Waals surface area (Å²) in [5, 5.41) is 19.0. The van der Waals surface area contributed by atoms with Gasteiger partial charge in [-0.1, -0.05) is 91.0 Å². The summed E-state index contributed by atoms with van der Waals surface area (Å²) in [5.74, 6) is 0. The first kappa shape index (κ1) is 29.2. The average Bonchev–Trinajstić information content (AvgIpc) is 2.83. The van der Waals surface area contributed by atoms with E-state index in [9.17, 15) is 30.9 Å². The van der Waals surface area contributed by atoms with E-state index < -0.39 is 38.1 Å². The van der Waals surface area contributed by atoms with Crippen molar-refractivity contribution in [2.24, 2.45) is 0 Å². The molecule has 2 N–H and O–H groups in total. The summed E-state index contributed by atoms with van der Waals surface area (Å²) in [7, 11) is -2.78. The van der Waals surface area contributed by atoms with Crippen LogP contribution in [-0.2, 0) is 4.57 Å². The molecule has 0 aromatic heterocycles. The zero-order valence-electron chi connectivity index (χ0n) is 18.3. The van der Waals surface area contributed by atoms with E-state index in [1.807, 2.05) is 91.0 Å². The van der Waals surface area contributed by atoms with E-state index >= 15 is 0 Å². The molecule has 3 rings (SSSR count). The van der Waals surface area contributed by atoms with Gasteiger partial charge in [-0.3, -0.25) is 0 Å². The number of benzene rings is 3. The topological polar surface area (TPSA) is 57.5 Å². The zero-order valence-corrected chi connectivity index (χ0v) is 20.6. The zero-order chi connectivity index (χ0) is 25.6. The van der Waals surface area contributed by atoms with Gasteiger partial charge >= 0.3 is 12.4 Å². The second-order valence-electron chi connectivity index (χ2n) is 6.78. The van der Waals surface area contributed by atoms with Gasteiger partial charge in [0.2, 0.25) is 0 Å². The standard InChI is InChI=1S/C18H15OP.C5H6F6O2.Eu/c19-20(16-10-4-1-5-11-16,17-12-6-2-7-13-17)18-14-8-3-9-15-18;6-4(7,8)2(12)1-3(13)5(9,10)11;/h1-15H;2-3,12-13H,1H2;/i;1D;. The summed E-state index contributed by atoms with van der Waals surface area (Å²) < 4.78 is 89.8. The van der Waals surface area contributed by atoms with Gasteiger partial charge in [-0.15, -0.1) is 0 Å². The number of aliphatic hydroxyl groups excluding tert-OH is 2. The van der Waals surface area contributed by atoms with Crippen molar-refractivity contribution in [1.82, 2.24) is 0 Å². The SMILES string of the molecule is O=P(c1ccccc1)(c1ccccc1)c1ccccc1.[2H]C(C(O)C(F)(F)F)C(O)C(F)(F)F.[Eu]. The molecule has 0 saturated carbocycles. The van der Waals surface area contributed by atoms with Crippen LogP contribution in [0.1, 0.15) is 7.77 Å². The normalized spacial score (nSPS) is 15.0. The molecule has 34 heavy (non-hydrogen) atoms. The number of aliphatic hydroxyl groups is 2. The molecule has 0 spiro atoms. The number of rotatable bonds is 5. The third-order valence-electron chi connectivity index (χ3n) is 4.39. The Morgan fingerprint density at radius 1 is 0.647 bits per heavy atom. The molecular weight excluding hydrogens is 621 g/mol. The Bertz CT molecular complexity index is 946. The Balaban J connectivity index is 0.000000365. The van der Waals surface area contributed by atoms with Crippen molar-refractivity contribution in [3.63, 3.8) is 0 Å². The molecule has 2 atom stereocenters. The molecule has 0 aliphatic carbocycles. The quantitative estimate of drug-likeness (QED) is 0.317. The molecule has 185 valence electrons. The molecule has 0 heterocycles. The second kappa shape index (κ2) is 13.3. The van der Waals surface area contributed by atoms with Crippen LogP contribution in [0.25, 0.3) is 0 Å². The molecule has 0 aliphatic rings. The van der Waals surface area contributed by atoms with E-state index in [1.165, 1.54) is 0 Å². The number of hydrogen-bond acceptors (Lipinski definition) is 3. The molecule has 0 amide bonds. The Morgan fingerprint density at radius 2 is 0.882 bits per heavy atom. The first-order valence-electron chi connectivity index (χ1n) is 10.1. The molecule has 1 radical (unpaired) electrons. The maximum absolute atomic E-state index is 13.8. The van der Waals surface area contributed by atoms with Crippen molar-refractivity contribution in [2.45, 2.75) is 31.0 Å². The Hall–Kier alpha value is -1.03. The molecular formula is C23H21EuF6O3P. The van der Waals surface area contributed by atoms with Crippen LogP contribution >= 0.6 is 7.14 Å². The minimum absolute atomic E-state index is 0. The van der Waals surface area contributed by atoms with Gasteiger partial charge in [0.25, 0.3) is 0 Å². The van der Waals surface area contributed by atoms with Crippen LogP contribution < -0.4 is 15.9 Å². The van der Waals surface area contributed by atoms with Gasteiger partial charge in [-0.25, -0.2) is 0 Å². The van der Waals surface area contributed by atoms with Crippen molar-refractivity contribution >= 4 is 23.1 Å². The third-order valence-corrected chi connectivity index (χ3v) is 7.47. The van der Waals surface area contributed by atoms with E-state index in [0.717, 1.165) is 15.9 Å². The monoisotopic (exact) mass is 644 g/mol. The van der Waals surface area contributed by atoms with Gasteiger partial charge in [0.05, 0.1) is 0 Å². The predicted octanol–water partition coefficient (Wildman–Crippen LogP) is 4.55. The van der Waals surface area contributed by atoms with Crippen LogP contribution in [0.2, 0.25) is 0 Å². The summed E-state index contributed by atoms with van der Waals surface area (Å²) in [6.45, 7) is 0. The van der Waals surface area contributed by atoms with Gasteiger partial charge in [0, 0.05) is 73.1 Å². The largest absolute Gasteiger partial charge is 0.414 e. The maximum Gasteiger partial charge on any atom is 0.414 e. The third kappa shape index (κ3) is 8.57. The summed E-state index contributed by atoms with van der Waals surface area (Å²) in [6, 6.07) is 29.1. The molecule has 0 fully saturated rings. The Kier molecular flexibility index (Phi) is 11.4. The first-order valence-corrected chi connectivity index (χ1v) is 11.2. The van der Waals surface area contributed by atoms with Crippen LogP contribution in [0.5, 0.6) is 0 Å². The van der Waals surface area contributed by atoms with Gasteiger partial charge in [0.1, 0.15) is 0 Å². The molecule has 0 aliphatic heterocycles. The minimum atomic E-state index is -5.36. The van der Waals surface area contributed by atoms with E-state index in [0.29, 0.717) is 0 Å². The summed E-state index contributed by atoms with van der Waals surface area (Å²) in [6.07, 6.45) is -20.9. The summed E-state index contributed by atoms with van der Waals surface area (Å²) in [4.78, 5) is 0. The summed E-state index contributed by atoms with van der Waals surface area (Å²) >= 11 is 0. The van der Waals surface area contributed by atoms with Crippen LogP contribution in [-0.4, -0.2) is 34.8 Å². The fraction of sp³-hybridized carbons (Fsp3) is 0.217. The van der Waals surface area contributed by atoms with Crippen LogP contribution in [0.15, 0.2) is 91.0 Å². The van der Waals surface area contributed by atoms with E-state index in [-0.39, 0.29) is 49.4 Å². The number of halogens is 6. The van der Waals surface area contributed by atoms with Gasteiger partial charge < -0.3 is 14.8 Å². The van der Waals surface area contributed by atoms with Crippen molar-refractivity contribution in [1.29, 1.82) is 0 Å². The Morgan fingerprint density at radius 3 is 1.09 bits per heavy atom. The fourth-order valence-corrected chi connectivity index (χ4v) is 5.42. The van der Waals surface area contributed by atoms with Crippen molar-refractivity contribution < 1.29 is 91.9 Å². The van der Waals surface area contributed by atoms with Crippen LogP contribution in [0, 0.1) is 49.4 Å². The number of alkyl halides is 6. The molecule has 11 heteroatoms. The Labute approximate surface area is 235 Å². The molecule has 0 bridgehead atoms. The smallest absolute Gasteiger partial charge is 0.384 e. The van der Waals surface area contributed by atoms with Crippen LogP contribution in [0.3, 0.4) is 0 Å². The van der Waals surface area contributed by atoms with E-state index in [1.54, 1.807) is 0 Å². The van der Waals surface area contributed by atoms with Crippen molar-refractivity contribution in [3.05, 3.63) is 91.0 Å². The summed E-state index contributed by atoms with van der Waals surface area (Å²) in [5.41, 5.74) is 0. The van der Waals surface area contributed by atoms with E-state index in [4.69, 9.17) is 11.6 Å². The predicted molar refractivity (Wildman–Crippen MR) is 115 cm³/mol. The maximum atomic E-state index is 13.8. The molecule has 2 unspecified atom stereocenters. The average molecular weight is 643 g/mol. The minimum Gasteiger partial charge on any atom is -0.384 e. The van der Waals surface area contributed by atoms with Gasteiger partial charge in [-0.05, 0) is 0 Å².